The van der Waals surface area contributed by atoms with Crippen molar-refractivity contribution in [3.63, 3.8) is 0 Å². The Morgan fingerprint density at radius 1 is 1.10 bits per heavy atom. The lowest BCUT2D eigenvalue weighted by molar-refractivity contribution is 0.208. The van der Waals surface area contributed by atoms with Crippen LogP contribution in [0.2, 0.25) is 0 Å². The van der Waals surface area contributed by atoms with Crippen molar-refractivity contribution in [2.75, 3.05) is 13.7 Å². The first kappa shape index (κ1) is 13.2. The van der Waals surface area contributed by atoms with Crippen LogP contribution in [-0.2, 0) is 5.41 Å². The summed E-state index contributed by atoms with van der Waals surface area (Å²) in [4.78, 5) is 0. The Labute approximate surface area is 120 Å². The summed E-state index contributed by atoms with van der Waals surface area (Å²) >= 11 is 0. The molecule has 104 valence electrons. The van der Waals surface area contributed by atoms with Gasteiger partial charge in [-0.2, -0.15) is 0 Å². The first-order chi connectivity index (χ1) is 9.77. The van der Waals surface area contributed by atoms with E-state index in [1.807, 2.05) is 6.07 Å². The molecule has 0 saturated heterocycles. The van der Waals surface area contributed by atoms with E-state index in [2.05, 4.69) is 48.5 Å². The van der Waals surface area contributed by atoms with Crippen LogP contribution in [0.4, 0.5) is 0 Å². The molecule has 1 aliphatic carbocycles. The fraction of sp³-hybridized carbons (Fsp3) is 0.333. The van der Waals surface area contributed by atoms with Gasteiger partial charge < -0.3 is 10.5 Å². The summed E-state index contributed by atoms with van der Waals surface area (Å²) in [6, 6.07) is 19.1. The van der Waals surface area contributed by atoms with Gasteiger partial charge in [-0.15, -0.1) is 0 Å². The van der Waals surface area contributed by atoms with E-state index < -0.39 is 0 Å². The minimum atomic E-state index is 0.120. The fourth-order valence-corrected chi connectivity index (χ4v) is 3.32. The second kappa shape index (κ2) is 5.29. The summed E-state index contributed by atoms with van der Waals surface area (Å²) in [5.41, 5.74) is 8.95. The van der Waals surface area contributed by atoms with Crippen molar-refractivity contribution in [3.05, 3.63) is 65.7 Å². The molecule has 3 rings (SSSR count). The monoisotopic (exact) mass is 267 g/mol. The van der Waals surface area contributed by atoms with Crippen LogP contribution in [0.3, 0.4) is 0 Å². The molecule has 0 atom stereocenters. The van der Waals surface area contributed by atoms with Crippen LogP contribution in [0.5, 0.6) is 5.75 Å². The van der Waals surface area contributed by atoms with Crippen molar-refractivity contribution < 1.29 is 4.74 Å². The Morgan fingerprint density at radius 2 is 1.85 bits per heavy atom. The second-order valence-corrected chi connectivity index (χ2v) is 5.73. The maximum absolute atomic E-state index is 6.09. The van der Waals surface area contributed by atoms with E-state index in [4.69, 9.17) is 10.5 Å². The van der Waals surface area contributed by atoms with E-state index in [-0.39, 0.29) is 5.41 Å². The molecule has 2 N–H and O–H groups in total. The zero-order valence-corrected chi connectivity index (χ0v) is 11.9. The normalized spacial score (nSPS) is 25.0. The molecule has 20 heavy (non-hydrogen) atoms. The average Bonchev–Trinajstić information content (AvgIpc) is 2.48. The van der Waals surface area contributed by atoms with Crippen molar-refractivity contribution in [1.29, 1.82) is 0 Å². The summed E-state index contributed by atoms with van der Waals surface area (Å²) in [7, 11) is 1.71. The van der Waals surface area contributed by atoms with Gasteiger partial charge >= 0.3 is 0 Å². The van der Waals surface area contributed by atoms with Crippen LogP contribution < -0.4 is 10.5 Å². The molecule has 0 heterocycles. The smallest absolute Gasteiger partial charge is 0.119 e. The van der Waals surface area contributed by atoms with Crippen LogP contribution in [-0.4, -0.2) is 13.7 Å². The van der Waals surface area contributed by atoms with Gasteiger partial charge in [0.1, 0.15) is 5.75 Å². The van der Waals surface area contributed by atoms with Crippen LogP contribution in [0.15, 0.2) is 54.6 Å². The fourth-order valence-electron chi connectivity index (χ4n) is 3.32. The summed E-state index contributed by atoms with van der Waals surface area (Å²) < 4.78 is 5.33. The third-order valence-electron chi connectivity index (χ3n) is 4.62. The molecule has 2 heteroatoms. The Bertz CT molecular complexity index is 573. The maximum Gasteiger partial charge on any atom is 0.119 e. The molecule has 1 fully saturated rings. The van der Waals surface area contributed by atoms with Crippen molar-refractivity contribution in [2.45, 2.75) is 24.2 Å². The highest BCUT2D eigenvalue weighted by Gasteiger charge is 2.44. The van der Waals surface area contributed by atoms with E-state index >= 15 is 0 Å². The van der Waals surface area contributed by atoms with Gasteiger partial charge in [-0.05, 0) is 42.0 Å². The molecule has 0 aliphatic heterocycles. The van der Waals surface area contributed by atoms with Gasteiger partial charge in [0.15, 0.2) is 0 Å². The molecule has 0 bridgehead atoms. The number of nitrogens with two attached hydrogens (primary N) is 1. The molecular formula is C18H21NO. The van der Waals surface area contributed by atoms with E-state index in [0.29, 0.717) is 12.5 Å². The highest BCUT2D eigenvalue weighted by molar-refractivity contribution is 5.39. The van der Waals surface area contributed by atoms with Crippen LogP contribution in [0.25, 0.3) is 0 Å². The predicted octanol–water partition coefficient (Wildman–Crippen LogP) is 3.47. The quantitative estimate of drug-likeness (QED) is 0.920. The van der Waals surface area contributed by atoms with Gasteiger partial charge in [0.25, 0.3) is 0 Å². The molecule has 2 nitrogen and oxygen atoms in total. The number of ether oxygens (including phenoxy) is 1. The van der Waals surface area contributed by atoms with Crippen molar-refractivity contribution in [1.82, 2.24) is 0 Å². The lowest BCUT2D eigenvalue weighted by atomic mass is 9.57. The van der Waals surface area contributed by atoms with Crippen LogP contribution in [0.1, 0.15) is 29.9 Å². The summed E-state index contributed by atoms with van der Waals surface area (Å²) in [5.74, 6) is 1.55. The molecule has 2 aromatic carbocycles. The molecule has 2 aromatic rings. The van der Waals surface area contributed by atoms with Gasteiger partial charge in [0.2, 0.25) is 0 Å². The van der Waals surface area contributed by atoms with Gasteiger partial charge in [-0.1, -0.05) is 42.5 Å². The highest BCUT2D eigenvalue weighted by Crippen LogP contribution is 2.52. The zero-order valence-electron chi connectivity index (χ0n) is 11.9. The van der Waals surface area contributed by atoms with Crippen molar-refractivity contribution in [2.24, 2.45) is 5.73 Å². The summed E-state index contributed by atoms with van der Waals surface area (Å²) in [6.07, 6.45) is 2.25. The Hall–Kier alpha value is -1.80. The van der Waals surface area contributed by atoms with E-state index in [1.165, 1.54) is 11.1 Å². The lowest BCUT2D eigenvalue weighted by Crippen LogP contribution is -2.46. The third-order valence-corrected chi connectivity index (χ3v) is 4.62. The number of rotatable bonds is 4. The van der Waals surface area contributed by atoms with E-state index in [1.54, 1.807) is 7.11 Å². The summed E-state index contributed by atoms with van der Waals surface area (Å²) in [6.45, 7) is 0.698. The molecule has 1 aliphatic rings. The molecule has 0 unspecified atom stereocenters. The minimum Gasteiger partial charge on any atom is -0.497 e. The SMILES string of the molecule is COc1cccc(C2(CN)CC(c3ccccc3)C2)c1. The zero-order chi connectivity index (χ0) is 14.0. The van der Waals surface area contributed by atoms with Gasteiger partial charge in [0, 0.05) is 12.0 Å². The van der Waals surface area contributed by atoms with Gasteiger partial charge in [-0.25, -0.2) is 0 Å². The minimum absolute atomic E-state index is 0.120. The molecule has 1 saturated carbocycles. The van der Waals surface area contributed by atoms with E-state index in [9.17, 15) is 0 Å². The first-order valence-electron chi connectivity index (χ1n) is 7.17. The first-order valence-corrected chi connectivity index (χ1v) is 7.17. The third kappa shape index (κ3) is 2.20. The van der Waals surface area contributed by atoms with Gasteiger partial charge in [0.05, 0.1) is 7.11 Å². The van der Waals surface area contributed by atoms with Gasteiger partial charge in [-0.3, -0.25) is 0 Å². The van der Waals surface area contributed by atoms with Crippen LogP contribution in [0, 0.1) is 0 Å². The largest absolute Gasteiger partial charge is 0.497 e. The molecular weight excluding hydrogens is 246 g/mol. The standard InChI is InChI=1S/C18H21NO/c1-20-17-9-5-8-16(10-17)18(13-19)11-15(12-18)14-6-3-2-4-7-14/h2-10,15H,11-13,19H2,1H3. The molecule has 0 amide bonds. The molecule has 0 radical (unpaired) electrons. The number of hydrogen-bond donors (Lipinski definition) is 1. The lowest BCUT2D eigenvalue weighted by Gasteiger charge is -2.48. The maximum atomic E-state index is 6.09. The van der Waals surface area contributed by atoms with Crippen LogP contribution >= 0.6 is 0 Å². The second-order valence-electron chi connectivity index (χ2n) is 5.73. The predicted molar refractivity (Wildman–Crippen MR) is 82.1 cm³/mol. The highest BCUT2D eigenvalue weighted by atomic mass is 16.5. The Kier molecular flexibility index (Phi) is 3.49. The topological polar surface area (TPSA) is 35.2 Å². The number of hydrogen-bond acceptors (Lipinski definition) is 2. The number of methoxy groups -OCH3 is 1. The Balaban J connectivity index is 1.81. The Morgan fingerprint density at radius 3 is 2.50 bits per heavy atom. The molecule has 0 spiro atoms. The molecule has 0 aromatic heterocycles. The number of benzene rings is 2. The van der Waals surface area contributed by atoms with Crippen molar-refractivity contribution in [3.8, 4) is 5.75 Å². The average molecular weight is 267 g/mol. The summed E-state index contributed by atoms with van der Waals surface area (Å²) in [5, 5.41) is 0. The van der Waals surface area contributed by atoms with E-state index in [0.717, 1.165) is 18.6 Å². The van der Waals surface area contributed by atoms with Crippen molar-refractivity contribution >= 4 is 0 Å².